The van der Waals surface area contributed by atoms with Crippen LogP contribution in [0.2, 0.25) is 0 Å². The maximum atomic E-state index is 12.6. The minimum Gasteiger partial charge on any atom is -0.455 e. The van der Waals surface area contributed by atoms with Crippen molar-refractivity contribution < 1.29 is 38.4 Å². The smallest absolute Gasteiger partial charge is 0.313 e. The first-order chi connectivity index (χ1) is 13.4. The van der Waals surface area contributed by atoms with Crippen LogP contribution in [-0.2, 0) is 33.3 Å². The van der Waals surface area contributed by atoms with E-state index in [1.165, 1.54) is 0 Å². The van der Waals surface area contributed by atoms with Gasteiger partial charge in [0.1, 0.15) is 6.10 Å². The molecule has 0 spiro atoms. The predicted molar refractivity (Wildman–Crippen MR) is 108 cm³/mol. The average Bonchev–Trinajstić information content (AvgIpc) is 2.57. The second-order valence-corrected chi connectivity index (χ2v) is 10.5. The monoisotopic (exact) mass is 426 g/mol. The van der Waals surface area contributed by atoms with Gasteiger partial charge >= 0.3 is 17.9 Å². The van der Waals surface area contributed by atoms with Crippen molar-refractivity contribution in [3.63, 3.8) is 0 Å². The maximum absolute atomic E-state index is 12.6. The molecule has 0 bridgehead atoms. The Morgan fingerprint density at radius 3 is 1.50 bits per heavy atom. The highest BCUT2D eigenvalue weighted by molar-refractivity contribution is 5.77. The molecule has 0 aromatic rings. The Morgan fingerprint density at radius 1 is 0.767 bits per heavy atom. The molecule has 1 fully saturated rings. The van der Waals surface area contributed by atoms with Crippen molar-refractivity contribution in [1.29, 1.82) is 0 Å². The summed E-state index contributed by atoms with van der Waals surface area (Å²) in [6.07, 6.45) is -1.57. The molecule has 0 aliphatic carbocycles. The van der Waals surface area contributed by atoms with Gasteiger partial charge in [-0.2, -0.15) is 0 Å². The summed E-state index contributed by atoms with van der Waals surface area (Å²) in [5.74, 6) is 0.298. The first-order valence-electron chi connectivity index (χ1n) is 9.82. The minimum atomic E-state index is -1.50. The van der Waals surface area contributed by atoms with Crippen molar-refractivity contribution in [2.45, 2.75) is 93.0 Å². The fourth-order valence-electron chi connectivity index (χ4n) is 2.20. The summed E-state index contributed by atoms with van der Waals surface area (Å²) >= 11 is 0. The SMILES string of the molecule is C#C[C@@H]1OC(OC(=O)C(C)(C)C)[C@@H](OC(=O)C(C)(C)C)[C@H](OC(=O)C(C)(C)C)[C@@H]1O. The van der Waals surface area contributed by atoms with Gasteiger partial charge in [0.15, 0.2) is 12.2 Å². The molecular formula is C22H34O8. The Hall–Kier alpha value is -2.11. The van der Waals surface area contributed by atoms with Gasteiger partial charge in [-0.15, -0.1) is 6.42 Å². The number of carbonyl (C=O) groups is 3. The predicted octanol–water partition coefficient (Wildman–Crippen LogP) is 2.21. The lowest BCUT2D eigenvalue weighted by molar-refractivity contribution is -0.290. The van der Waals surface area contributed by atoms with Crippen molar-refractivity contribution in [2.75, 3.05) is 0 Å². The number of terminal acetylenes is 1. The van der Waals surface area contributed by atoms with Crippen LogP contribution in [0.15, 0.2) is 0 Å². The van der Waals surface area contributed by atoms with Crippen molar-refractivity contribution >= 4 is 17.9 Å². The molecule has 30 heavy (non-hydrogen) atoms. The van der Waals surface area contributed by atoms with Crippen LogP contribution in [0.1, 0.15) is 62.3 Å². The summed E-state index contributed by atoms with van der Waals surface area (Å²) in [5, 5.41) is 10.7. The van der Waals surface area contributed by atoms with E-state index in [0.29, 0.717) is 0 Å². The van der Waals surface area contributed by atoms with Crippen molar-refractivity contribution in [2.24, 2.45) is 16.2 Å². The lowest BCUT2D eigenvalue weighted by Gasteiger charge is -2.43. The first kappa shape index (κ1) is 25.9. The summed E-state index contributed by atoms with van der Waals surface area (Å²) in [5.41, 5.74) is -2.70. The van der Waals surface area contributed by atoms with E-state index >= 15 is 0 Å². The van der Waals surface area contributed by atoms with Gasteiger partial charge in [-0.05, 0) is 62.3 Å². The molecule has 1 aliphatic rings. The number of hydrogen-bond acceptors (Lipinski definition) is 8. The number of carbonyl (C=O) groups excluding carboxylic acids is 3. The summed E-state index contributed by atoms with van der Waals surface area (Å²) in [6.45, 7) is 14.7. The summed E-state index contributed by atoms with van der Waals surface area (Å²) in [7, 11) is 0. The van der Waals surface area contributed by atoms with E-state index in [4.69, 9.17) is 25.4 Å². The highest BCUT2D eigenvalue weighted by Gasteiger charge is 2.53. The highest BCUT2D eigenvalue weighted by Crippen LogP contribution is 2.32. The lowest BCUT2D eigenvalue weighted by atomic mass is 9.94. The average molecular weight is 427 g/mol. The molecule has 0 amide bonds. The molecule has 8 heteroatoms. The van der Waals surface area contributed by atoms with Gasteiger partial charge in [0.2, 0.25) is 12.4 Å². The number of aliphatic hydroxyl groups excluding tert-OH is 1. The maximum Gasteiger partial charge on any atom is 0.313 e. The molecular weight excluding hydrogens is 392 g/mol. The molecule has 1 saturated heterocycles. The molecule has 1 unspecified atom stereocenters. The van der Waals surface area contributed by atoms with Gasteiger partial charge in [0.05, 0.1) is 16.2 Å². The van der Waals surface area contributed by atoms with E-state index in [1.807, 2.05) is 0 Å². The summed E-state index contributed by atoms with van der Waals surface area (Å²) < 4.78 is 22.0. The first-order valence-corrected chi connectivity index (χ1v) is 9.82. The Morgan fingerprint density at radius 2 is 1.13 bits per heavy atom. The van der Waals surface area contributed by atoms with Gasteiger partial charge in [-0.25, -0.2) is 0 Å². The number of rotatable bonds is 3. The van der Waals surface area contributed by atoms with Crippen molar-refractivity contribution in [1.82, 2.24) is 0 Å². The molecule has 1 N–H and O–H groups in total. The molecule has 8 nitrogen and oxygen atoms in total. The van der Waals surface area contributed by atoms with Crippen LogP contribution in [0.5, 0.6) is 0 Å². The summed E-state index contributed by atoms with van der Waals surface area (Å²) in [4.78, 5) is 37.5. The van der Waals surface area contributed by atoms with Gasteiger partial charge in [0.25, 0.3) is 0 Å². The van der Waals surface area contributed by atoms with E-state index in [-0.39, 0.29) is 0 Å². The van der Waals surface area contributed by atoms with Crippen LogP contribution in [0, 0.1) is 28.6 Å². The number of hydrogen-bond donors (Lipinski definition) is 1. The van der Waals surface area contributed by atoms with Crippen LogP contribution >= 0.6 is 0 Å². The summed E-state index contributed by atoms with van der Waals surface area (Å²) in [6, 6.07) is 0. The van der Waals surface area contributed by atoms with Crippen LogP contribution in [-0.4, -0.2) is 53.7 Å². The number of esters is 3. The van der Waals surface area contributed by atoms with E-state index in [9.17, 15) is 19.5 Å². The Kier molecular flexibility index (Phi) is 7.73. The largest absolute Gasteiger partial charge is 0.455 e. The van der Waals surface area contributed by atoms with E-state index in [0.717, 1.165) is 0 Å². The molecule has 0 saturated carbocycles. The van der Waals surface area contributed by atoms with Gasteiger partial charge in [-0.1, -0.05) is 5.92 Å². The zero-order valence-corrected chi connectivity index (χ0v) is 19.3. The quantitative estimate of drug-likeness (QED) is 0.416. The lowest BCUT2D eigenvalue weighted by Crippen LogP contribution is -2.62. The molecule has 1 heterocycles. The fourth-order valence-corrected chi connectivity index (χ4v) is 2.20. The molecule has 0 radical (unpaired) electrons. The molecule has 5 atom stereocenters. The normalized spacial score (nSPS) is 27.6. The van der Waals surface area contributed by atoms with Crippen LogP contribution < -0.4 is 0 Å². The molecule has 1 aliphatic heterocycles. The van der Waals surface area contributed by atoms with E-state index in [2.05, 4.69) is 5.92 Å². The second kappa shape index (κ2) is 8.94. The molecule has 0 aromatic heterocycles. The Bertz CT molecular complexity index is 699. The topological polar surface area (TPSA) is 108 Å². The van der Waals surface area contributed by atoms with Crippen LogP contribution in [0.3, 0.4) is 0 Å². The minimum absolute atomic E-state index is 0.641. The van der Waals surface area contributed by atoms with E-state index < -0.39 is 64.9 Å². The molecule has 170 valence electrons. The highest BCUT2D eigenvalue weighted by atomic mass is 16.7. The van der Waals surface area contributed by atoms with E-state index in [1.54, 1.807) is 62.3 Å². The van der Waals surface area contributed by atoms with Gasteiger partial charge in [-0.3, -0.25) is 14.4 Å². The third-order valence-corrected chi connectivity index (χ3v) is 4.23. The van der Waals surface area contributed by atoms with Crippen molar-refractivity contribution in [3.8, 4) is 12.3 Å². The van der Waals surface area contributed by atoms with Crippen LogP contribution in [0.4, 0.5) is 0 Å². The Balaban J connectivity index is 3.37. The van der Waals surface area contributed by atoms with Gasteiger partial charge in [0, 0.05) is 0 Å². The zero-order chi connectivity index (χ0) is 23.7. The van der Waals surface area contributed by atoms with Gasteiger partial charge < -0.3 is 24.1 Å². The third kappa shape index (κ3) is 6.44. The fraction of sp³-hybridized carbons (Fsp3) is 0.773. The number of aliphatic hydroxyl groups is 1. The third-order valence-electron chi connectivity index (χ3n) is 4.23. The van der Waals surface area contributed by atoms with Crippen molar-refractivity contribution in [3.05, 3.63) is 0 Å². The zero-order valence-electron chi connectivity index (χ0n) is 19.3. The standard InChI is InChI=1S/C22H34O8/c1-11-12-13(23)14(28-17(24)20(2,3)4)15(29-18(25)21(5,6)7)16(27-12)30-19(26)22(8,9)10/h1,12-16,23H,2-10H3/t12-,13+,14+,15-,16?/m0/s1. The molecule has 1 rings (SSSR count). The number of ether oxygens (including phenoxy) is 4. The second-order valence-electron chi connectivity index (χ2n) is 10.5. The Labute approximate surface area is 178 Å². The van der Waals surface area contributed by atoms with Crippen LogP contribution in [0.25, 0.3) is 0 Å². The molecule has 0 aromatic carbocycles.